The summed E-state index contributed by atoms with van der Waals surface area (Å²) in [6.45, 7) is 0.875. The topological polar surface area (TPSA) is 60.7 Å². The number of nitrogens with one attached hydrogen (secondary N) is 2. The molecule has 0 spiro atoms. The summed E-state index contributed by atoms with van der Waals surface area (Å²) in [5, 5.41) is 16.1. The largest absolute Gasteiger partial charge is 0.382 e. The molecule has 2 aromatic rings. The van der Waals surface area contributed by atoms with Gasteiger partial charge in [-0.1, -0.05) is 23.7 Å². The Morgan fingerprint density at radius 2 is 2.05 bits per heavy atom. The molecule has 1 aromatic heterocycles. The van der Waals surface area contributed by atoms with Crippen LogP contribution < -0.4 is 10.6 Å². The number of aromatic nitrogens is 1. The van der Waals surface area contributed by atoms with Crippen molar-refractivity contribution in [1.29, 1.82) is 5.26 Å². The summed E-state index contributed by atoms with van der Waals surface area (Å²) in [4.78, 5) is 4.26. The molecular weight excluding hydrogens is 296 g/mol. The second-order valence-corrected chi connectivity index (χ2v) is 5.99. The normalized spacial score (nSPS) is 15.1. The third-order valence-corrected chi connectivity index (χ3v) is 4.48. The van der Waals surface area contributed by atoms with Gasteiger partial charge in [-0.05, 0) is 43.7 Å². The Hall–Kier alpha value is -2.09. The number of anilines is 1. The van der Waals surface area contributed by atoms with Crippen molar-refractivity contribution in [3.05, 3.63) is 47.2 Å². The van der Waals surface area contributed by atoms with Gasteiger partial charge in [0, 0.05) is 17.6 Å². The first-order valence-electron chi connectivity index (χ1n) is 7.25. The number of pyridine rings is 1. The first kappa shape index (κ1) is 14.8. The van der Waals surface area contributed by atoms with Crippen molar-refractivity contribution in [3.8, 4) is 17.2 Å². The fourth-order valence-electron chi connectivity index (χ4n) is 2.41. The second-order valence-electron chi connectivity index (χ2n) is 5.64. The summed E-state index contributed by atoms with van der Waals surface area (Å²) in [6, 6.07) is 11.5. The van der Waals surface area contributed by atoms with Crippen LogP contribution in [0.25, 0.3) is 11.1 Å². The molecule has 5 heteroatoms. The smallest absolute Gasteiger partial charge is 0.136 e. The summed E-state index contributed by atoms with van der Waals surface area (Å²) < 4.78 is 0. The van der Waals surface area contributed by atoms with Crippen LogP contribution in [0.2, 0.25) is 5.15 Å². The van der Waals surface area contributed by atoms with E-state index in [1.165, 1.54) is 12.8 Å². The highest BCUT2D eigenvalue weighted by Gasteiger charge is 2.40. The summed E-state index contributed by atoms with van der Waals surface area (Å²) in [5.74, 6) is 0. The van der Waals surface area contributed by atoms with Gasteiger partial charge < -0.3 is 10.6 Å². The third-order valence-electron chi connectivity index (χ3n) is 4.18. The van der Waals surface area contributed by atoms with Crippen molar-refractivity contribution < 1.29 is 0 Å². The maximum Gasteiger partial charge on any atom is 0.136 e. The minimum atomic E-state index is 0.230. The van der Waals surface area contributed by atoms with E-state index in [-0.39, 0.29) is 5.54 Å². The number of hydrogen-bond donors (Lipinski definition) is 2. The van der Waals surface area contributed by atoms with E-state index >= 15 is 0 Å². The van der Waals surface area contributed by atoms with Gasteiger partial charge in [0.05, 0.1) is 23.5 Å². The highest BCUT2D eigenvalue weighted by Crippen LogP contribution is 2.35. The van der Waals surface area contributed by atoms with E-state index < -0.39 is 0 Å². The quantitative estimate of drug-likeness (QED) is 0.830. The van der Waals surface area contributed by atoms with E-state index in [0.29, 0.717) is 10.7 Å². The van der Waals surface area contributed by atoms with Crippen LogP contribution >= 0.6 is 11.6 Å². The van der Waals surface area contributed by atoms with Crippen molar-refractivity contribution in [2.75, 3.05) is 18.9 Å². The van der Waals surface area contributed by atoms with Crippen molar-refractivity contribution in [2.45, 2.75) is 18.4 Å². The van der Waals surface area contributed by atoms with E-state index in [2.05, 4.69) is 21.7 Å². The number of nitrogens with zero attached hydrogens (tertiary/aromatic N) is 2. The zero-order valence-electron chi connectivity index (χ0n) is 12.4. The highest BCUT2D eigenvalue weighted by molar-refractivity contribution is 6.32. The Labute approximate surface area is 135 Å². The van der Waals surface area contributed by atoms with Crippen LogP contribution in [0.5, 0.6) is 0 Å². The third kappa shape index (κ3) is 3.06. The van der Waals surface area contributed by atoms with Gasteiger partial charge in [-0.2, -0.15) is 5.26 Å². The van der Waals surface area contributed by atoms with Crippen LogP contribution in [0.4, 0.5) is 5.69 Å². The standard InChI is InChI=1S/C17H17ClN4/c1-20-17(6-7-17)11-22-14-8-15(16(18)21-10-14)13-4-2-12(9-19)3-5-13/h2-5,8,10,20,22H,6-7,11H2,1H3. The lowest BCUT2D eigenvalue weighted by molar-refractivity contribution is 0.578. The lowest BCUT2D eigenvalue weighted by Crippen LogP contribution is -2.34. The molecule has 0 aliphatic heterocycles. The molecule has 1 heterocycles. The van der Waals surface area contributed by atoms with Crippen molar-refractivity contribution >= 4 is 17.3 Å². The van der Waals surface area contributed by atoms with Gasteiger partial charge in [0.25, 0.3) is 0 Å². The maximum atomic E-state index is 8.87. The van der Waals surface area contributed by atoms with Gasteiger partial charge in [0.2, 0.25) is 0 Å². The molecule has 1 fully saturated rings. The van der Waals surface area contributed by atoms with Crippen molar-refractivity contribution in [3.63, 3.8) is 0 Å². The van der Waals surface area contributed by atoms with E-state index in [1.54, 1.807) is 18.3 Å². The van der Waals surface area contributed by atoms with Gasteiger partial charge in [-0.15, -0.1) is 0 Å². The molecule has 0 bridgehead atoms. The second kappa shape index (κ2) is 5.96. The van der Waals surface area contributed by atoms with Crippen molar-refractivity contribution in [1.82, 2.24) is 10.3 Å². The van der Waals surface area contributed by atoms with E-state index in [4.69, 9.17) is 16.9 Å². The molecule has 0 saturated heterocycles. The van der Waals surface area contributed by atoms with Gasteiger partial charge in [0.15, 0.2) is 0 Å². The number of likely N-dealkylation sites (N-methyl/N-ethyl adjacent to an activating group) is 1. The average molecular weight is 313 g/mol. The first-order chi connectivity index (χ1) is 10.7. The fourth-order valence-corrected chi connectivity index (χ4v) is 2.62. The van der Waals surface area contributed by atoms with Gasteiger partial charge in [-0.25, -0.2) is 4.98 Å². The fraction of sp³-hybridized carbons (Fsp3) is 0.294. The number of halogens is 1. The van der Waals surface area contributed by atoms with Crippen molar-refractivity contribution in [2.24, 2.45) is 0 Å². The Morgan fingerprint density at radius 3 is 2.64 bits per heavy atom. The number of rotatable bonds is 5. The summed E-state index contributed by atoms with van der Waals surface area (Å²) in [7, 11) is 2.00. The molecule has 4 nitrogen and oxygen atoms in total. The Bertz CT molecular complexity index is 714. The van der Waals surface area contributed by atoms with Crippen LogP contribution in [0.3, 0.4) is 0 Å². The van der Waals surface area contributed by atoms with Crippen LogP contribution in [0, 0.1) is 11.3 Å². The molecule has 22 heavy (non-hydrogen) atoms. The highest BCUT2D eigenvalue weighted by atomic mass is 35.5. The minimum absolute atomic E-state index is 0.230. The zero-order valence-corrected chi connectivity index (χ0v) is 13.1. The summed E-state index contributed by atoms with van der Waals surface area (Å²) in [6.07, 6.45) is 4.14. The van der Waals surface area contributed by atoms with E-state index in [9.17, 15) is 0 Å². The lowest BCUT2D eigenvalue weighted by atomic mass is 10.1. The van der Waals surface area contributed by atoms with Crippen LogP contribution in [0.15, 0.2) is 36.5 Å². The van der Waals surface area contributed by atoms with E-state index in [0.717, 1.165) is 23.4 Å². The average Bonchev–Trinajstić information content (AvgIpc) is 3.35. The zero-order chi connectivity index (χ0) is 15.6. The Balaban J connectivity index is 1.81. The molecule has 1 aromatic carbocycles. The predicted octanol–water partition coefficient (Wildman–Crippen LogP) is 3.44. The molecule has 1 aliphatic carbocycles. The number of benzene rings is 1. The Kier molecular flexibility index (Phi) is 4.02. The lowest BCUT2D eigenvalue weighted by Gasteiger charge is -2.16. The molecular formula is C17H17ClN4. The van der Waals surface area contributed by atoms with Gasteiger partial charge in [0.1, 0.15) is 5.15 Å². The maximum absolute atomic E-state index is 8.87. The molecule has 0 unspecified atom stereocenters. The molecule has 0 atom stereocenters. The monoisotopic (exact) mass is 312 g/mol. The Morgan fingerprint density at radius 1 is 1.32 bits per heavy atom. The first-order valence-corrected chi connectivity index (χ1v) is 7.62. The summed E-state index contributed by atoms with van der Waals surface area (Å²) >= 11 is 6.22. The molecule has 1 aliphatic rings. The molecule has 0 radical (unpaired) electrons. The minimum Gasteiger partial charge on any atom is -0.382 e. The molecule has 3 rings (SSSR count). The predicted molar refractivity (Wildman–Crippen MR) is 88.9 cm³/mol. The molecule has 1 saturated carbocycles. The van der Waals surface area contributed by atoms with Crippen LogP contribution in [-0.2, 0) is 0 Å². The van der Waals surface area contributed by atoms with Crippen LogP contribution in [0.1, 0.15) is 18.4 Å². The summed E-state index contributed by atoms with van der Waals surface area (Å²) in [5.41, 5.74) is 3.63. The molecule has 112 valence electrons. The van der Waals surface area contributed by atoms with Gasteiger partial charge in [-0.3, -0.25) is 0 Å². The number of nitriles is 1. The van der Waals surface area contributed by atoms with E-state index in [1.807, 2.05) is 25.2 Å². The molecule has 2 N–H and O–H groups in total. The number of hydrogen-bond acceptors (Lipinski definition) is 4. The molecule has 0 amide bonds. The van der Waals surface area contributed by atoms with Gasteiger partial charge >= 0.3 is 0 Å². The SMILES string of the molecule is CNC1(CNc2cnc(Cl)c(-c3ccc(C#N)cc3)c2)CC1. The van der Waals surface area contributed by atoms with Crippen LogP contribution in [-0.4, -0.2) is 24.1 Å².